The molecule has 10 heteroatoms. The zero-order valence-corrected chi connectivity index (χ0v) is 14.1. The van der Waals surface area contributed by atoms with E-state index in [9.17, 15) is 20.0 Å². The lowest BCUT2D eigenvalue weighted by molar-refractivity contribution is -0.385. The molecule has 1 heterocycles. The number of carbonyl (C=O) groups is 1. The van der Waals surface area contributed by atoms with Crippen LogP contribution in [0.25, 0.3) is 0 Å². The smallest absolute Gasteiger partial charge is 0.284 e. The van der Waals surface area contributed by atoms with Crippen molar-refractivity contribution in [1.82, 2.24) is 5.43 Å². The van der Waals surface area contributed by atoms with Crippen LogP contribution in [0, 0.1) is 10.1 Å². The summed E-state index contributed by atoms with van der Waals surface area (Å²) in [7, 11) is 1.22. The standard InChI is InChI=1S/C17H15N3O7/c1-25-14-7-11(20(23)24)6-10(16(14)21)8-18-19-17(22)15-9-26-12-4-2-3-5-13(12)27-15/h2-8,15,21H,9H2,1H3,(H,19,22)/p-1/b18-8+/t15-/m1/s1. The van der Waals surface area contributed by atoms with Gasteiger partial charge in [0.15, 0.2) is 11.5 Å². The van der Waals surface area contributed by atoms with Crippen molar-refractivity contribution >= 4 is 17.8 Å². The van der Waals surface area contributed by atoms with Gasteiger partial charge in [-0.25, -0.2) is 5.43 Å². The number of benzene rings is 2. The van der Waals surface area contributed by atoms with Gasteiger partial charge in [-0.3, -0.25) is 14.9 Å². The second kappa shape index (κ2) is 7.60. The average molecular weight is 372 g/mol. The summed E-state index contributed by atoms with van der Waals surface area (Å²) < 4.78 is 15.8. The van der Waals surface area contributed by atoms with Crippen LogP contribution < -0.4 is 24.7 Å². The number of para-hydroxylation sites is 2. The summed E-state index contributed by atoms with van der Waals surface area (Å²) in [5.41, 5.74) is 1.78. The number of hydrazone groups is 1. The van der Waals surface area contributed by atoms with Gasteiger partial charge in [0.1, 0.15) is 12.4 Å². The maximum Gasteiger partial charge on any atom is 0.284 e. The largest absolute Gasteiger partial charge is 0.870 e. The zero-order chi connectivity index (χ0) is 19.4. The highest BCUT2D eigenvalue weighted by Crippen LogP contribution is 2.32. The number of nitro groups is 1. The van der Waals surface area contributed by atoms with Gasteiger partial charge in [0.2, 0.25) is 6.10 Å². The van der Waals surface area contributed by atoms with Gasteiger partial charge < -0.3 is 19.3 Å². The molecule has 3 rings (SSSR count). The Hall–Kier alpha value is -3.82. The molecule has 0 bridgehead atoms. The van der Waals surface area contributed by atoms with E-state index in [0.29, 0.717) is 11.5 Å². The molecule has 0 saturated carbocycles. The Labute approximate surface area is 153 Å². The van der Waals surface area contributed by atoms with Crippen molar-refractivity contribution in [2.45, 2.75) is 6.10 Å². The normalized spacial score (nSPS) is 15.4. The number of non-ortho nitro benzene ring substituents is 1. The molecular formula is C17H14N3O7-. The van der Waals surface area contributed by atoms with Crippen molar-refractivity contribution in [2.75, 3.05) is 13.7 Å². The minimum absolute atomic E-state index is 0.00416. The summed E-state index contributed by atoms with van der Waals surface area (Å²) in [4.78, 5) is 22.4. The quantitative estimate of drug-likeness (QED) is 0.469. The third-order valence-corrected chi connectivity index (χ3v) is 3.68. The molecule has 1 aliphatic rings. The molecule has 0 radical (unpaired) electrons. The first-order valence-electron chi connectivity index (χ1n) is 7.74. The van der Waals surface area contributed by atoms with Crippen LogP contribution in [0.2, 0.25) is 0 Å². The van der Waals surface area contributed by atoms with E-state index < -0.39 is 22.7 Å². The van der Waals surface area contributed by atoms with Crippen molar-refractivity contribution in [2.24, 2.45) is 5.10 Å². The van der Waals surface area contributed by atoms with Crippen LogP contribution in [0.3, 0.4) is 0 Å². The van der Waals surface area contributed by atoms with Gasteiger partial charge in [0.05, 0.1) is 24.3 Å². The predicted molar refractivity (Wildman–Crippen MR) is 91.2 cm³/mol. The van der Waals surface area contributed by atoms with Crippen LogP contribution in [0.15, 0.2) is 41.5 Å². The number of methoxy groups -OCH3 is 1. The van der Waals surface area contributed by atoms with E-state index in [1.807, 2.05) is 0 Å². The highest BCUT2D eigenvalue weighted by molar-refractivity contribution is 5.88. The Kier molecular flexibility index (Phi) is 5.06. The minimum Gasteiger partial charge on any atom is -0.870 e. The maximum atomic E-state index is 12.1. The van der Waals surface area contributed by atoms with Crippen LogP contribution in [0.4, 0.5) is 5.69 Å². The molecule has 140 valence electrons. The van der Waals surface area contributed by atoms with Gasteiger partial charge in [0.25, 0.3) is 11.6 Å². The monoisotopic (exact) mass is 372 g/mol. The van der Waals surface area contributed by atoms with Crippen LogP contribution in [-0.4, -0.2) is 36.9 Å². The second-order valence-electron chi connectivity index (χ2n) is 5.42. The Bertz CT molecular complexity index is 913. The van der Waals surface area contributed by atoms with Crippen molar-refractivity contribution in [1.29, 1.82) is 0 Å². The number of fused-ring (bicyclic) bond motifs is 1. The maximum absolute atomic E-state index is 12.1. The van der Waals surface area contributed by atoms with Crippen molar-refractivity contribution in [3.8, 4) is 23.0 Å². The van der Waals surface area contributed by atoms with Crippen LogP contribution in [-0.2, 0) is 4.79 Å². The highest BCUT2D eigenvalue weighted by atomic mass is 16.6. The van der Waals surface area contributed by atoms with Gasteiger partial charge in [-0.2, -0.15) is 5.10 Å². The van der Waals surface area contributed by atoms with Crippen LogP contribution >= 0.6 is 0 Å². The lowest BCUT2D eigenvalue weighted by atomic mass is 10.2. The summed E-state index contributed by atoms with van der Waals surface area (Å²) in [6.07, 6.45) is 0.0799. The minimum atomic E-state index is -0.927. The van der Waals surface area contributed by atoms with Gasteiger partial charge in [-0.15, -0.1) is 0 Å². The van der Waals surface area contributed by atoms with Gasteiger partial charge in [-0.05, 0) is 17.7 Å². The molecule has 1 N–H and O–H groups in total. The Morgan fingerprint density at radius 3 is 2.81 bits per heavy atom. The summed E-state index contributed by atoms with van der Waals surface area (Å²) in [5, 5.41) is 26.7. The Morgan fingerprint density at radius 1 is 1.37 bits per heavy atom. The third kappa shape index (κ3) is 3.89. The lowest BCUT2D eigenvalue weighted by Crippen LogP contribution is -2.42. The van der Waals surface area contributed by atoms with Crippen LogP contribution in [0.5, 0.6) is 23.0 Å². The van der Waals surface area contributed by atoms with E-state index in [2.05, 4.69) is 10.5 Å². The number of ether oxygens (including phenoxy) is 3. The molecule has 0 fully saturated rings. The van der Waals surface area contributed by atoms with E-state index in [4.69, 9.17) is 14.2 Å². The van der Waals surface area contributed by atoms with Gasteiger partial charge in [0, 0.05) is 6.07 Å². The molecule has 1 amide bonds. The van der Waals surface area contributed by atoms with E-state index >= 15 is 0 Å². The third-order valence-electron chi connectivity index (χ3n) is 3.68. The summed E-state index contributed by atoms with van der Waals surface area (Å²) in [5.74, 6) is -0.418. The van der Waals surface area contributed by atoms with Gasteiger partial charge >= 0.3 is 0 Å². The molecule has 10 nitrogen and oxygen atoms in total. The summed E-state index contributed by atoms with van der Waals surface area (Å²) in [6.45, 7) is -0.00416. The molecule has 2 aromatic carbocycles. The van der Waals surface area contributed by atoms with E-state index in [1.54, 1.807) is 24.3 Å². The van der Waals surface area contributed by atoms with E-state index in [-0.39, 0.29) is 23.6 Å². The Morgan fingerprint density at radius 2 is 2.11 bits per heavy atom. The number of rotatable bonds is 5. The fourth-order valence-electron chi connectivity index (χ4n) is 2.35. The number of carbonyl (C=O) groups excluding carboxylic acids is 1. The first-order valence-corrected chi connectivity index (χ1v) is 7.74. The number of hydrogen-bond acceptors (Lipinski definition) is 8. The number of amides is 1. The second-order valence-corrected chi connectivity index (χ2v) is 5.42. The molecule has 0 aliphatic carbocycles. The fourth-order valence-corrected chi connectivity index (χ4v) is 2.35. The van der Waals surface area contributed by atoms with Crippen LogP contribution in [0.1, 0.15) is 5.56 Å². The topological polar surface area (TPSA) is 135 Å². The molecular weight excluding hydrogens is 358 g/mol. The number of nitrogens with zero attached hydrogens (tertiary/aromatic N) is 2. The zero-order valence-electron chi connectivity index (χ0n) is 14.1. The summed E-state index contributed by atoms with van der Waals surface area (Å²) >= 11 is 0. The number of hydrogen-bond donors (Lipinski definition) is 1. The van der Waals surface area contributed by atoms with E-state index in [0.717, 1.165) is 18.3 Å². The molecule has 27 heavy (non-hydrogen) atoms. The SMILES string of the molecule is COc1cc([N+](=O)[O-])cc(/C=N/NC(=O)[C@H]2COc3ccccc3O2)c1[O-]. The first kappa shape index (κ1) is 18.0. The first-order chi connectivity index (χ1) is 13.0. The molecule has 0 aromatic heterocycles. The molecule has 2 aromatic rings. The number of nitrogens with one attached hydrogen (secondary N) is 1. The molecule has 0 unspecified atom stereocenters. The molecule has 0 saturated heterocycles. The van der Waals surface area contributed by atoms with Crippen molar-refractivity contribution < 1.29 is 29.0 Å². The lowest BCUT2D eigenvalue weighted by Gasteiger charge is -2.24. The number of nitro benzene ring substituents is 1. The van der Waals surface area contributed by atoms with Crippen molar-refractivity contribution in [3.05, 3.63) is 52.1 Å². The Balaban J connectivity index is 1.70. The average Bonchev–Trinajstić information content (AvgIpc) is 2.68. The van der Waals surface area contributed by atoms with Crippen molar-refractivity contribution in [3.63, 3.8) is 0 Å². The predicted octanol–water partition coefficient (Wildman–Crippen LogP) is 0.967. The molecule has 1 atom stereocenters. The summed E-state index contributed by atoms with van der Waals surface area (Å²) in [6, 6.07) is 8.96. The van der Waals surface area contributed by atoms with Gasteiger partial charge in [-0.1, -0.05) is 17.9 Å². The van der Waals surface area contributed by atoms with E-state index in [1.165, 1.54) is 7.11 Å². The molecule has 1 aliphatic heterocycles. The fraction of sp³-hybridized carbons (Fsp3) is 0.176. The molecule has 0 spiro atoms. The highest BCUT2D eigenvalue weighted by Gasteiger charge is 2.27.